The van der Waals surface area contributed by atoms with Gasteiger partial charge in [-0.25, -0.2) is 9.97 Å². The summed E-state index contributed by atoms with van der Waals surface area (Å²) in [6, 6.07) is 3.34. The van der Waals surface area contributed by atoms with Crippen molar-refractivity contribution in [1.82, 2.24) is 14.4 Å². The summed E-state index contributed by atoms with van der Waals surface area (Å²) in [5, 5.41) is 2.75. The van der Waals surface area contributed by atoms with Crippen LogP contribution in [0.4, 0.5) is 0 Å². The van der Waals surface area contributed by atoms with Crippen molar-refractivity contribution in [2.45, 2.75) is 0 Å². The maximum atomic E-state index is 11.1. The summed E-state index contributed by atoms with van der Waals surface area (Å²) < 4.78 is 1.84. The number of pyridine rings is 1. The van der Waals surface area contributed by atoms with Gasteiger partial charge in [0.25, 0.3) is 0 Å². The molecule has 2 N–H and O–H groups in total. The van der Waals surface area contributed by atoms with E-state index in [9.17, 15) is 4.79 Å². The largest absolute Gasteiger partial charge is 0.366 e. The van der Waals surface area contributed by atoms with Gasteiger partial charge >= 0.3 is 0 Å². The highest BCUT2D eigenvalue weighted by molar-refractivity contribution is 7.13. The molecule has 5 nitrogen and oxygen atoms in total. The second-order valence-corrected chi connectivity index (χ2v) is 4.40. The lowest BCUT2D eigenvalue weighted by atomic mass is 10.2. The lowest BCUT2D eigenvalue weighted by Crippen LogP contribution is -2.10. The molecule has 0 unspecified atom stereocenters. The molecule has 0 atom stereocenters. The number of carbonyl (C=O) groups excluding carboxylic acids is 1. The molecule has 0 radical (unpaired) electrons. The van der Waals surface area contributed by atoms with E-state index in [-0.39, 0.29) is 0 Å². The SMILES string of the molecule is NC(=O)c1ccn2cc(-c3nccs3)nc2c1. The van der Waals surface area contributed by atoms with Crippen molar-refractivity contribution in [3.05, 3.63) is 41.7 Å². The number of aromatic nitrogens is 3. The molecule has 3 aromatic heterocycles. The first-order chi connectivity index (χ1) is 8.24. The Morgan fingerprint density at radius 1 is 1.47 bits per heavy atom. The second kappa shape index (κ2) is 3.67. The molecule has 84 valence electrons. The van der Waals surface area contributed by atoms with Crippen LogP contribution in [-0.4, -0.2) is 20.3 Å². The van der Waals surface area contributed by atoms with Crippen molar-refractivity contribution in [3.8, 4) is 10.7 Å². The first kappa shape index (κ1) is 9.98. The van der Waals surface area contributed by atoms with Crippen LogP contribution in [0.25, 0.3) is 16.3 Å². The van der Waals surface area contributed by atoms with E-state index < -0.39 is 5.91 Å². The first-order valence-corrected chi connectivity index (χ1v) is 5.80. The Morgan fingerprint density at radius 2 is 2.35 bits per heavy atom. The van der Waals surface area contributed by atoms with E-state index in [1.165, 1.54) is 11.3 Å². The summed E-state index contributed by atoms with van der Waals surface area (Å²) in [7, 11) is 0. The van der Waals surface area contributed by atoms with Crippen LogP contribution in [0.5, 0.6) is 0 Å². The van der Waals surface area contributed by atoms with E-state index in [4.69, 9.17) is 5.73 Å². The fraction of sp³-hybridized carbons (Fsp3) is 0. The van der Waals surface area contributed by atoms with Crippen LogP contribution >= 0.6 is 11.3 Å². The van der Waals surface area contributed by atoms with E-state index in [0.29, 0.717) is 11.2 Å². The van der Waals surface area contributed by atoms with Crippen molar-refractivity contribution >= 4 is 22.9 Å². The maximum absolute atomic E-state index is 11.1. The van der Waals surface area contributed by atoms with Crippen molar-refractivity contribution in [3.63, 3.8) is 0 Å². The van der Waals surface area contributed by atoms with Gasteiger partial charge in [-0.2, -0.15) is 0 Å². The Labute approximate surface area is 101 Å². The van der Waals surface area contributed by atoms with Gasteiger partial charge in [-0.3, -0.25) is 4.79 Å². The summed E-state index contributed by atoms with van der Waals surface area (Å²) in [5.74, 6) is -0.453. The molecule has 0 spiro atoms. The number of carbonyl (C=O) groups is 1. The maximum Gasteiger partial charge on any atom is 0.248 e. The number of imidazole rings is 1. The van der Waals surface area contributed by atoms with Gasteiger partial charge in [-0.15, -0.1) is 11.3 Å². The molecule has 0 aliphatic rings. The molecule has 17 heavy (non-hydrogen) atoms. The van der Waals surface area contributed by atoms with Crippen LogP contribution in [0, 0.1) is 0 Å². The smallest absolute Gasteiger partial charge is 0.248 e. The number of amides is 1. The highest BCUT2D eigenvalue weighted by atomic mass is 32.1. The van der Waals surface area contributed by atoms with E-state index >= 15 is 0 Å². The molecule has 3 rings (SSSR count). The van der Waals surface area contributed by atoms with Crippen molar-refractivity contribution in [1.29, 1.82) is 0 Å². The second-order valence-electron chi connectivity index (χ2n) is 3.51. The van der Waals surface area contributed by atoms with E-state index in [0.717, 1.165) is 10.7 Å². The fourth-order valence-corrected chi connectivity index (χ4v) is 2.18. The predicted octanol–water partition coefficient (Wildman–Crippen LogP) is 1.56. The number of primary amides is 1. The Bertz CT molecular complexity index is 687. The normalized spacial score (nSPS) is 10.8. The third-order valence-corrected chi connectivity index (χ3v) is 3.19. The van der Waals surface area contributed by atoms with E-state index in [1.807, 2.05) is 16.0 Å². The molecule has 3 heterocycles. The zero-order valence-corrected chi connectivity index (χ0v) is 9.52. The van der Waals surface area contributed by atoms with Crippen LogP contribution in [-0.2, 0) is 0 Å². The molecule has 0 aliphatic heterocycles. The molecule has 0 fully saturated rings. The molecule has 0 aliphatic carbocycles. The number of thiazole rings is 1. The third-order valence-electron chi connectivity index (χ3n) is 2.40. The number of hydrogen-bond acceptors (Lipinski definition) is 4. The summed E-state index contributed by atoms with van der Waals surface area (Å²) >= 11 is 1.52. The minimum absolute atomic E-state index is 0.453. The standard InChI is InChI=1S/C11H8N4OS/c12-10(16)7-1-3-15-6-8(14-9(15)5-7)11-13-2-4-17-11/h1-6H,(H2,12,16). The Kier molecular flexibility index (Phi) is 2.15. The number of nitrogens with two attached hydrogens (primary N) is 1. The van der Waals surface area contributed by atoms with Crippen LogP contribution in [0.3, 0.4) is 0 Å². The summed E-state index contributed by atoms with van der Waals surface area (Å²) in [6.45, 7) is 0. The van der Waals surface area contributed by atoms with Crippen LogP contribution in [0.2, 0.25) is 0 Å². The highest BCUT2D eigenvalue weighted by Gasteiger charge is 2.08. The van der Waals surface area contributed by atoms with Gasteiger partial charge in [-0.05, 0) is 12.1 Å². The van der Waals surface area contributed by atoms with Gasteiger partial charge in [0, 0.05) is 29.5 Å². The van der Waals surface area contributed by atoms with Crippen LogP contribution in [0.15, 0.2) is 36.1 Å². The zero-order chi connectivity index (χ0) is 11.8. The number of fused-ring (bicyclic) bond motifs is 1. The average molecular weight is 244 g/mol. The third kappa shape index (κ3) is 1.68. The molecule has 1 amide bonds. The average Bonchev–Trinajstić information content (AvgIpc) is 2.96. The highest BCUT2D eigenvalue weighted by Crippen LogP contribution is 2.21. The minimum atomic E-state index is -0.453. The summed E-state index contributed by atoms with van der Waals surface area (Å²) in [4.78, 5) is 19.6. The molecular formula is C11H8N4OS. The minimum Gasteiger partial charge on any atom is -0.366 e. The van der Waals surface area contributed by atoms with Gasteiger partial charge in [0.15, 0.2) is 0 Å². The van der Waals surface area contributed by atoms with Crippen LogP contribution in [0.1, 0.15) is 10.4 Å². The summed E-state index contributed by atoms with van der Waals surface area (Å²) in [5.41, 5.74) is 7.15. The van der Waals surface area contributed by atoms with Gasteiger partial charge < -0.3 is 10.1 Å². The first-order valence-electron chi connectivity index (χ1n) is 4.92. The van der Waals surface area contributed by atoms with Crippen molar-refractivity contribution in [2.24, 2.45) is 5.73 Å². The van der Waals surface area contributed by atoms with Gasteiger partial charge in [0.2, 0.25) is 5.91 Å². The molecule has 0 bridgehead atoms. The van der Waals surface area contributed by atoms with Crippen molar-refractivity contribution in [2.75, 3.05) is 0 Å². The molecule has 0 saturated heterocycles. The monoisotopic (exact) mass is 244 g/mol. The van der Waals surface area contributed by atoms with Gasteiger partial charge in [0.1, 0.15) is 16.3 Å². The van der Waals surface area contributed by atoms with Crippen LogP contribution < -0.4 is 5.73 Å². The van der Waals surface area contributed by atoms with Gasteiger partial charge in [0.05, 0.1) is 0 Å². The number of hydrogen-bond donors (Lipinski definition) is 1. The number of rotatable bonds is 2. The van der Waals surface area contributed by atoms with Gasteiger partial charge in [-0.1, -0.05) is 0 Å². The lowest BCUT2D eigenvalue weighted by molar-refractivity contribution is 0.100. The Hall–Kier alpha value is -2.21. The van der Waals surface area contributed by atoms with Crippen molar-refractivity contribution < 1.29 is 4.79 Å². The van der Waals surface area contributed by atoms with E-state index in [2.05, 4.69) is 9.97 Å². The fourth-order valence-electron chi connectivity index (χ4n) is 1.59. The molecule has 6 heteroatoms. The molecule has 0 aromatic carbocycles. The predicted molar refractivity (Wildman–Crippen MR) is 64.8 cm³/mol. The lowest BCUT2D eigenvalue weighted by Gasteiger charge is -1.95. The zero-order valence-electron chi connectivity index (χ0n) is 8.70. The molecule has 0 saturated carbocycles. The number of nitrogens with zero attached hydrogens (tertiary/aromatic N) is 3. The quantitative estimate of drug-likeness (QED) is 0.743. The van der Waals surface area contributed by atoms with E-state index in [1.54, 1.807) is 24.5 Å². The topological polar surface area (TPSA) is 73.3 Å². The Balaban J connectivity index is 2.16. The molecule has 3 aromatic rings. The summed E-state index contributed by atoms with van der Waals surface area (Å²) in [6.07, 6.45) is 5.37. The molecular weight excluding hydrogens is 236 g/mol. The Morgan fingerprint density at radius 3 is 3.06 bits per heavy atom.